The Morgan fingerprint density at radius 2 is 2.35 bits per heavy atom. The summed E-state index contributed by atoms with van der Waals surface area (Å²) in [7, 11) is 0. The van der Waals surface area contributed by atoms with Crippen molar-refractivity contribution in [2.24, 2.45) is 0 Å². The molecule has 0 saturated carbocycles. The normalized spacial score (nSPS) is 20.4. The average Bonchev–Trinajstić information content (AvgIpc) is 2.38. The van der Waals surface area contributed by atoms with E-state index in [1.165, 1.54) is 25.8 Å². The summed E-state index contributed by atoms with van der Waals surface area (Å²) < 4.78 is 6.54. The molecule has 0 aromatic carbocycles. The third kappa shape index (κ3) is 4.74. The van der Waals surface area contributed by atoms with Crippen molar-refractivity contribution in [3.63, 3.8) is 0 Å². The van der Waals surface area contributed by atoms with Crippen LogP contribution in [0.25, 0.3) is 0 Å². The Morgan fingerprint density at radius 1 is 1.41 bits per heavy atom. The predicted octanol–water partition coefficient (Wildman–Crippen LogP) is 2.89. The summed E-state index contributed by atoms with van der Waals surface area (Å²) in [6, 6.07) is 4.64. The molecular formula is C13H19BrN2O. The second-order valence-corrected chi connectivity index (χ2v) is 5.29. The van der Waals surface area contributed by atoms with Crippen LogP contribution in [0.3, 0.4) is 0 Å². The Morgan fingerprint density at radius 3 is 3.06 bits per heavy atom. The van der Waals surface area contributed by atoms with Crippen LogP contribution in [0.4, 0.5) is 0 Å². The first-order valence-electron chi connectivity index (χ1n) is 6.26. The molecule has 1 atom stereocenters. The predicted molar refractivity (Wildman–Crippen MR) is 71.9 cm³/mol. The highest BCUT2D eigenvalue weighted by Gasteiger charge is 2.11. The SMILES string of the molecule is Brc1ccc(COCC[C@H]2CCCCN2)cn1. The zero-order valence-corrected chi connectivity index (χ0v) is 11.6. The van der Waals surface area contributed by atoms with E-state index in [2.05, 4.69) is 26.2 Å². The quantitative estimate of drug-likeness (QED) is 0.670. The second-order valence-electron chi connectivity index (χ2n) is 4.48. The second kappa shape index (κ2) is 7.09. The van der Waals surface area contributed by atoms with Crippen molar-refractivity contribution in [2.45, 2.75) is 38.3 Å². The number of rotatable bonds is 5. The van der Waals surface area contributed by atoms with Crippen molar-refractivity contribution in [1.29, 1.82) is 0 Å². The summed E-state index contributed by atoms with van der Waals surface area (Å²) in [5.41, 5.74) is 1.13. The molecule has 0 spiro atoms. The lowest BCUT2D eigenvalue weighted by molar-refractivity contribution is 0.108. The number of nitrogens with zero attached hydrogens (tertiary/aromatic N) is 1. The largest absolute Gasteiger partial charge is 0.377 e. The summed E-state index contributed by atoms with van der Waals surface area (Å²) in [4.78, 5) is 4.17. The molecule has 0 radical (unpaired) electrons. The number of ether oxygens (including phenoxy) is 1. The molecule has 1 fully saturated rings. The monoisotopic (exact) mass is 298 g/mol. The number of hydrogen-bond acceptors (Lipinski definition) is 3. The van der Waals surface area contributed by atoms with Crippen molar-refractivity contribution in [1.82, 2.24) is 10.3 Å². The summed E-state index contributed by atoms with van der Waals surface area (Å²) in [6.07, 6.45) is 6.94. The third-order valence-corrected chi connectivity index (χ3v) is 3.55. The zero-order valence-electron chi connectivity index (χ0n) is 9.99. The molecule has 1 aromatic heterocycles. The van der Waals surface area contributed by atoms with Crippen molar-refractivity contribution >= 4 is 15.9 Å². The van der Waals surface area contributed by atoms with Gasteiger partial charge in [0.05, 0.1) is 6.61 Å². The molecule has 0 unspecified atom stereocenters. The smallest absolute Gasteiger partial charge is 0.106 e. The Balaban J connectivity index is 1.60. The van der Waals surface area contributed by atoms with Crippen LogP contribution in [0, 0.1) is 0 Å². The Kier molecular flexibility index (Phi) is 5.42. The minimum absolute atomic E-state index is 0.659. The van der Waals surface area contributed by atoms with E-state index in [1.807, 2.05) is 18.3 Å². The van der Waals surface area contributed by atoms with E-state index in [1.54, 1.807) is 0 Å². The number of pyridine rings is 1. The standard InChI is InChI=1S/C13H19BrN2O/c14-13-5-4-11(9-16-13)10-17-8-6-12-3-1-2-7-15-12/h4-5,9,12,15H,1-3,6-8,10H2/t12-/m1/s1. The highest BCUT2D eigenvalue weighted by molar-refractivity contribution is 9.10. The number of halogens is 1. The van der Waals surface area contributed by atoms with Crippen molar-refractivity contribution in [3.05, 3.63) is 28.5 Å². The van der Waals surface area contributed by atoms with Gasteiger partial charge < -0.3 is 10.1 Å². The van der Waals surface area contributed by atoms with Gasteiger partial charge in [0.2, 0.25) is 0 Å². The van der Waals surface area contributed by atoms with Gasteiger partial charge in [-0.15, -0.1) is 0 Å². The molecule has 0 aliphatic carbocycles. The van der Waals surface area contributed by atoms with Crippen LogP contribution < -0.4 is 5.32 Å². The average molecular weight is 299 g/mol. The summed E-state index contributed by atoms with van der Waals surface area (Å²) in [5.74, 6) is 0. The van der Waals surface area contributed by atoms with Crippen LogP contribution in [-0.2, 0) is 11.3 Å². The van der Waals surface area contributed by atoms with Crippen LogP contribution >= 0.6 is 15.9 Å². The minimum Gasteiger partial charge on any atom is -0.377 e. The lowest BCUT2D eigenvalue weighted by atomic mass is 10.0. The van der Waals surface area contributed by atoms with Gasteiger partial charge in [0, 0.05) is 18.8 Å². The van der Waals surface area contributed by atoms with Crippen LogP contribution in [-0.4, -0.2) is 24.2 Å². The number of nitrogens with one attached hydrogen (secondary N) is 1. The number of aromatic nitrogens is 1. The van der Waals surface area contributed by atoms with Crippen molar-refractivity contribution in [3.8, 4) is 0 Å². The Bertz CT molecular complexity index is 323. The first-order chi connectivity index (χ1) is 8.34. The van der Waals surface area contributed by atoms with E-state index in [0.717, 1.165) is 23.2 Å². The maximum absolute atomic E-state index is 5.67. The Hall–Kier alpha value is -0.450. The third-order valence-electron chi connectivity index (χ3n) is 3.08. The molecule has 1 N–H and O–H groups in total. The van der Waals surface area contributed by atoms with Gasteiger partial charge in [0.1, 0.15) is 4.60 Å². The van der Waals surface area contributed by atoms with Crippen molar-refractivity contribution < 1.29 is 4.74 Å². The molecule has 4 heteroatoms. The van der Waals surface area contributed by atoms with Gasteiger partial charge in [0.15, 0.2) is 0 Å². The van der Waals surface area contributed by atoms with Crippen LogP contribution in [0.1, 0.15) is 31.2 Å². The Labute approximate surface area is 111 Å². The molecule has 0 amide bonds. The molecule has 17 heavy (non-hydrogen) atoms. The van der Waals surface area contributed by atoms with E-state index < -0.39 is 0 Å². The van der Waals surface area contributed by atoms with Gasteiger partial charge in [0.25, 0.3) is 0 Å². The molecule has 94 valence electrons. The molecule has 1 aliphatic heterocycles. The molecule has 3 nitrogen and oxygen atoms in total. The summed E-state index contributed by atoms with van der Waals surface area (Å²) >= 11 is 3.32. The lowest BCUT2D eigenvalue weighted by Crippen LogP contribution is -2.34. The molecule has 0 bridgehead atoms. The minimum atomic E-state index is 0.659. The van der Waals surface area contributed by atoms with E-state index in [-0.39, 0.29) is 0 Å². The van der Waals surface area contributed by atoms with Crippen LogP contribution in [0.5, 0.6) is 0 Å². The molecule has 1 aromatic rings. The van der Waals surface area contributed by atoms with E-state index in [0.29, 0.717) is 12.6 Å². The van der Waals surface area contributed by atoms with Gasteiger partial charge in [-0.2, -0.15) is 0 Å². The molecular weight excluding hydrogens is 280 g/mol. The van der Waals surface area contributed by atoms with Gasteiger partial charge in [-0.25, -0.2) is 4.98 Å². The number of piperidine rings is 1. The first kappa shape index (κ1) is 13.0. The highest BCUT2D eigenvalue weighted by Crippen LogP contribution is 2.11. The van der Waals surface area contributed by atoms with Crippen LogP contribution in [0.15, 0.2) is 22.9 Å². The summed E-state index contributed by atoms with van der Waals surface area (Å²) in [6.45, 7) is 2.65. The molecule has 1 saturated heterocycles. The highest BCUT2D eigenvalue weighted by atomic mass is 79.9. The van der Waals surface area contributed by atoms with E-state index in [9.17, 15) is 0 Å². The number of hydrogen-bond donors (Lipinski definition) is 1. The fourth-order valence-corrected chi connectivity index (χ4v) is 2.31. The fourth-order valence-electron chi connectivity index (χ4n) is 2.08. The molecule has 2 heterocycles. The van der Waals surface area contributed by atoms with Gasteiger partial charge in [-0.1, -0.05) is 12.5 Å². The summed E-state index contributed by atoms with van der Waals surface area (Å²) in [5, 5.41) is 3.53. The molecule has 1 aliphatic rings. The lowest BCUT2D eigenvalue weighted by Gasteiger charge is -2.23. The molecule has 2 rings (SSSR count). The van der Waals surface area contributed by atoms with Gasteiger partial charge in [-0.05, 0) is 53.4 Å². The van der Waals surface area contributed by atoms with Gasteiger partial charge >= 0.3 is 0 Å². The maximum Gasteiger partial charge on any atom is 0.106 e. The first-order valence-corrected chi connectivity index (χ1v) is 7.05. The maximum atomic E-state index is 5.67. The zero-order chi connectivity index (χ0) is 11.9. The van der Waals surface area contributed by atoms with E-state index >= 15 is 0 Å². The topological polar surface area (TPSA) is 34.1 Å². The fraction of sp³-hybridized carbons (Fsp3) is 0.615. The van der Waals surface area contributed by atoms with E-state index in [4.69, 9.17) is 4.74 Å². The van der Waals surface area contributed by atoms with Gasteiger partial charge in [-0.3, -0.25) is 0 Å². The van der Waals surface area contributed by atoms with Crippen LogP contribution in [0.2, 0.25) is 0 Å². The van der Waals surface area contributed by atoms with Crippen molar-refractivity contribution in [2.75, 3.05) is 13.2 Å².